The van der Waals surface area contributed by atoms with Crippen LogP contribution >= 0.6 is 11.3 Å². The summed E-state index contributed by atoms with van der Waals surface area (Å²) in [5, 5.41) is 20.4. The Morgan fingerprint density at radius 3 is 2.96 bits per heavy atom. The molecule has 0 aliphatic carbocycles. The Balaban J connectivity index is 1.40. The maximum atomic E-state index is 5.41. The van der Waals surface area contributed by atoms with Crippen molar-refractivity contribution < 1.29 is 9.47 Å². The van der Waals surface area contributed by atoms with Crippen molar-refractivity contribution in [2.45, 2.75) is 6.54 Å². The van der Waals surface area contributed by atoms with Crippen LogP contribution in [0.2, 0.25) is 0 Å². The van der Waals surface area contributed by atoms with E-state index in [1.165, 1.54) is 0 Å². The molecule has 4 aromatic rings. The van der Waals surface area contributed by atoms with Crippen LogP contribution in [-0.4, -0.2) is 26.6 Å². The van der Waals surface area contributed by atoms with E-state index in [0.29, 0.717) is 6.54 Å². The van der Waals surface area contributed by atoms with Crippen LogP contribution in [-0.2, 0) is 6.54 Å². The van der Waals surface area contributed by atoms with Gasteiger partial charge in [0.1, 0.15) is 5.82 Å². The fraction of sp³-hybridized carbons (Fsp3) is 0.118. The van der Waals surface area contributed by atoms with Gasteiger partial charge in [0.25, 0.3) is 0 Å². The number of rotatable bonds is 4. The Morgan fingerprint density at radius 2 is 2.04 bits per heavy atom. The molecule has 0 unspecified atom stereocenters. The summed E-state index contributed by atoms with van der Waals surface area (Å²) in [6, 6.07) is 11.7. The second-order valence-electron chi connectivity index (χ2n) is 5.57. The average Bonchev–Trinajstić information content (AvgIpc) is 3.38. The summed E-state index contributed by atoms with van der Waals surface area (Å²) in [6.45, 7) is 0.911. The van der Waals surface area contributed by atoms with E-state index < -0.39 is 0 Å². The Bertz CT molecular complexity index is 1040. The lowest BCUT2D eigenvalue weighted by molar-refractivity contribution is 0.174. The maximum absolute atomic E-state index is 5.41. The Kier molecular flexibility index (Phi) is 3.27. The van der Waals surface area contributed by atoms with Gasteiger partial charge in [-0.2, -0.15) is 15.9 Å². The lowest BCUT2D eigenvalue weighted by atomic mass is 10.2. The number of anilines is 1. The van der Waals surface area contributed by atoms with Gasteiger partial charge in [-0.3, -0.25) is 0 Å². The van der Waals surface area contributed by atoms with Crippen molar-refractivity contribution in [1.82, 2.24) is 19.8 Å². The molecule has 3 aromatic heterocycles. The van der Waals surface area contributed by atoms with E-state index in [9.17, 15) is 0 Å². The minimum Gasteiger partial charge on any atom is -0.454 e. The Morgan fingerprint density at radius 1 is 1.08 bits per heavy atom. The summed E-state index contributed by atoms with van der Waals surface area (Å²) in [5.74, 6) is 3.05. The topological polar surface area (TPSA) is 73.6 Å². The third kappa shape index (κ3) is 2.56. The summed E-state index contributed by atoms with van der Waals surface area (Å²) in [5.41, 5.74) is 2.82. The molecule has 0 radical (unpaired) electrons. The minimum atomic E-state index is 0.281. The molecule has 5 rings (SSSR count). The molecule has 0 saturated heterocycles. The summed E-state index contributed by atoms with van der Waals surface area (Å²) in [7, 11) is 0. The zero-order valence-electron chi connectivity index (χ0n) is 13.0. The predicted octanol–water partition coefficient (Wildman–Crippen LogP) is 3.19. The summed E-state index contributed by atoms with van der Waals surface area (Å²) < 4.78 is 12.5. The molecule has 0 saturated carbocycles. The van der Waals surface area contributed by atoms with Crippen LogP contribution in [0.4, 0.5) is 5.82 Å². The third-order valence-corrected chi connectivity index (χ3v) is 4.64. The quantitative estimate of drug-likeness (QED) is 0.609. The van der Waals surface area contributed by atoms with Crippen molar-refractivity contribution in [1.29, 1.82) is 0 Å². The molecule has 0 spiro atoms. The molecule has 0 amide bonds. The van der Waals surface area contributed by atoms with Crippen molar-refractivity contribution in [2.75, 3.05) is 12.1 Å². The Hall–Kier alpha value is -3.13. The lowest BCUT2D eigenvalue weighted by Gasteiger charge is -2.07. The number of hydrogen-bond acceptors (Lipinski definition) is 7. The summed E-state index contributed by atoms with van der Waals surface area (Å²) >= 11 is 1.62. The van der Waals surface area contributed by atoms with Gasteiger partial charge in [0.2, 0.25) is 6.79 Å². The molecular weight excluding hydrogens is 338 g/mol. The van der Waals surface area contributed by atoms with Crippen molar-refractivity contribution in [3.8, 4) is 22.9 Å². The van der Waals surface area contributed by atoms with Crippen LogP contribution in [0.15, 0.2) is 47.2 Å². The number of ether oxygens (including phenoxy) is 2. The van der Waals surface area contributed by atoms with Crippen LogP contribution < -0.4 is 14.8 Å². The average molecular weight is 351 g/mol. The standard InChI is InChI=1S/C17H13N5O2S/c1-2-13-14(24-10-23-13)7-11(1)8-18-15-3-4-16-19-20-17(22(16)21-15)12-5-6-25-9-12/h1-7,9H,8,10H2,(H,18,21). The zero-order chi connectivity index (χ0) is 16.6. The number of nitrogens with zero attached hydrogens (tertiary/aromatic N) is 4. The number of nitrogens with one attached hydrogen (secondary N) is 1. The van der Waals surface area contributed by atoms with Gasteiger partial charge in [-0.25, -0.2) is 0 Å². The van der Waals surface area contributed by atoms with Crippen LogP contribution in [0, 0.1) is 0 Å². The number of fused-ring (bicyclic) bond motifs is 2. The van der Waals surface area contributed by atoms with Crippen LogP contribution in [0.3, 0.4) is 0 Å². The Labute approximate surface area is 146 Å². The van der Waals surface area contributed by atoms with E-state index in [4.69, 9.17) is 9.47 Å². The van der Waals surface area contributed by atoms with Gasteiger partial charge < -0.3 is 14.8 Å². The highest BCUT2D eigenvalue weighted by Crippen LogP contribution is 2.32. The molecule has 1 N–H and O–H groups in total. The van der Waals surface area contributed by atoms with Crippen molar-refractivity contribution in [3.63, 3.8) is 0 Å². The van der Waals surface area contributed by atoms with E-state index in [0.717, 1.165) is 39.9 Å². The van der Waals surface area contributed by atoms with Gasteiger partial charge in [0.15, 0.2) is 23.0 Å². The molecular formula is C17H13N5O2S. The molecule has 4 heterocycles. The van der Waals surface area contributed by atoms with Crippen molar-refractivity contribution >= 4 is 22.8 Å². The van der Waals surface area contributed by atoms with Crippen LogP contribution in [0.1, 0.15) is 5.56 Å². The van der Waals surface area contributed by atoms with E-state index >= 15 is 0 Å². The number of thiophene rings is 1. The minimum absolute atomic E-state index is 0.281. The maximum Gasteiger partial charge on any atom is 0.231 e. The first-order chi connectivity index (χ1) is 12.4. The van der Waals surface area contributed by atoms with E-state index in [1.54, 1.807) is 15.9 Å². The van der Waals surface area contributed by atoms with Crippen molar-refractivity contribution in [2.24, 2.45) is 0 Å². The SMILES string of the molecule is c1cc(-c2nnc3ccc(NCc4ccc5c(c4)OCO5)nn23)cs1. The molecule has 25 heavy (non-hydrogen) atoms. The molecule has 1 aliphatic rings. The molecule has 1 aromatic carbocycles. The molecule has 0 atom stereocenters. The second kappa shape index (κ2) is 5.75. The smallest absolute Gasteiger partial charge is 0.231 e. The summed E-state index contributed by atoms with van der Waals surface area (Å²) in [6.07, 6.45) is 0. The third-order valence-electron chi connectivity index (χ3n) is 3.95. The van der Waals surface area contributed by atoms with Crippen LogP contribution in [0.25, 0.3) is 17.0 Å². The summed E-state index contributed by atoms with van der Waals surface area (Å²) in [4.78, 5) is 0. The highest BCUT2D eigenvalue weighted by Gasteiger charge is 2.13. The van der Waals surface area contributed by atoms with E-state index in [-0.39, 0.29) is 6.79 Å². The number of hydrogen-bond donors (Lipinski definition) is 1. The van der Waals surface area contributed by atoms with E-state index in [1.807, 2.05) is 47.2 Å². The van der Waals surface area contributed by atoms with Gasteiger partial charge in [0, 0.05) is 17.5 Å². The molecule has 0 bridgehead atoms. The first-order valence-corrected chi connectivity index (χ1v) is 8.68. The van der Waals surface area contributed by atoms with Gasteiger partial charge in [-0.1, -0.05) is 6.07 Å². The largest absolute Gasteiger partial charge is 0.454 e. The second-order valence-corrected chi connectivity index (χ2v) is 6.35. The highest BCUT2D eigenvalue weighted by molar-refractivity contribution is 7.08. The lowest BCUT2D eigenvalue weighted by Crippen LogP contribution is -2.04. The fourth-order valence-corrected chi connectivity index (χ4v) is 3.33. The predicted molar refractivity (Wildman–Crippen MR) is 94.0 cm³/mol. The molecule has 1 aliphatic heterocycles. The van der Waals surface area contributed by atoms with Gasteiger partial charge >= 0.3 is 0 Å². The first-order valence-electron chi connectivity index (χ1n) is 7.74. The molecule has 124 valence electrons. The number of aromatic nitrogens is 4. The highest BCUT2D eigenvalue weighted by atomic mass is 32.1. The number of benzene rings is 1. The van der Waals surface area contributed by atoms with E-state index in [2.05, 4.69) is 20.6 Å². The monoisotopic (exact) mass is 351 g/mol. The van der Waals surface area contributed by atoms with Crippen LogP contribution in [0.5, 0.6) is 11.5 Å². The van der Waals surface area contributed by atoms with Gasteiger partial charge in [-0.05, 0) is 41.3 Å². The van der Waals surface area contributed by atoms with Gasteiger partial charge in [-0.15, -0.1) is 15.3 Å². The molecule has 0 fully saturated rings. The normalized spacial score (nSPS) is 12.6. The molecule has 7 nitrogen and oxygen atoms in total. The van der Waals surface area contributed by atoms with Gasteiger partial charge in [0.05, 0.1) is 0 Å². The first kappa shape index (κ1) is 14.2. The zero-order valence-corrected chi connectivity index (χ0v) is 13.9. The van der Waals surface area contributed by atoms with Crippen molar-refractivity contribution in [3.05, 3.63) is 52.7 Å². The molecule has 8 heteroatoms. The fourth-order valence-electron chi connectivity index (χ4n) is 2.70.